The number of carbonyl (C=O) groups is 1. The summed E-state index contributed by atoms with van der Waals surface area (Å²) in [4.78, 5) is 24.7. The van der Waals surface area contributed by atoms with Crippen LogP contribution in [0.25, 0.3) is 17.2 Å². The normalized spacial score (nSPS) is 11.1. The summed E-state index contributed by atoms with van der Waals surface area (Å²) in [5.41, 5.74) is 3.20. The van der Waals surface area contributed by atoms with E-state index in [-0.39, 0.29) is 30.6 Å². The van der Waals surface area contributed by atoms with Crippen molar-refractivity contribution in [3.05, 3.63) is 59.2 Å². The van der Waals surface area contributed by atoms with E-state index in [2.05, 4.69) is 25.2 Å². The lowest BCUT2D eigenvalue weighted by atomic mass is 10.1. The quantitative estimate of drug-likeness (QED) is 0.458. The molecule has 0 spiro atoms. The Balaban J connectivity index is 1.35. The molecule has 0 aliphatic carbocycles. The topological polar surface area (TPSA) is 108 Å². The molecule has 0 saturated carbocycles. The third-order valence-corrected chi connectivity index (χ3v) is 4.49. The van der Waals surface area contributed by atoms with E-state index in [1.807, 2.05) is 13.8 Å². The molecule has 0 aliphatic heterocycles. The first-order valence-electron chi connectivity index (χ1n) is 8.91. The molecule has 0 fully saturated rings. The van der Waals surface area contributed by atoms with Crippen LogP contribution in [0.2, 0.25) is 0 Å². The van der Waals surface area contributed by atoms with E-state index < -0.39 is 5.97 Å². The van der Waals surface area contributed by atoms with E-state index in [4.69, 9.17) is 9.26 Å². The first-order valence-corrected chi connectivity index (χ1v) is 8.91. The number of benzene rings is 1. The van der Waals surface area contributed by atoms with Crippen molar-refractivity contribution >= 4 is 11.7 Å². The summed E-state index contributed by atoms with van der Waals surface area (Å²) in [6, 6.07) is 5.66. The maximum Gasteiger partial charge on any atom is 0.306 e. The number of esters is 1. The number of fused-ring (bicyclic) bond motifs is 1. The molecule has 29 heavy (non-hydrogen) atoms. The maximum absolute atomic E-state index is 13.0. The van der Waals surface area contributed by atoms with Gasteiger partial charge in [0.25, 0.3) is 11.7 Å². The fraction of sp³-hybridized carbons (Fsp3) is 0.263. The number of rotatable bonds is 6. The molecule has 0 atom stereocenters. The van der Waals surface area contributed by atoms with E-state index in [0.29, 0.717) is 17.8 Å². The second kappa shape index (κ2) is 7.74. The lowest BCUT2D eigenvalue weighted by molar-refractivity contribution is -0.145. The lowest BCUT2D eigenvalue weighted by Crippen LogP contribution is -2.10. The van der Waals surface area contributed by atoms with Crippen molar-refractivity contribution in [1.82, 2.24) is 29.7 Å². The number of aromatic nitrogens is 6. The highest BCUT2D eigenvalue weighted by molar-refractivity contribution is 5.69. The predicted octanol–water partition coefficient (Wildman–Crippen LogP) is 2.61. The van der Waals surface area contributed by atoms with Gasteiger partial charge in [-0.05, 0) is 50.1 Å². The Labute approximate surface area is 164 Å². The summed E-state index contributed by atoms with van der Waals surface area (Å²) >= 11 is 0. The van der Waals surface area contributed by atoms with E-state index in [0.717, 1.165) is 17.0 Å². The average Bonchev–Trinajstić information content (AvgIpc) is 3.36. The third kappa shape index (κ3) is 3.96. The number of aryl methyl sites for hydroxylation is 2. The van der Waals surface area contributed by atoms with Gasteiger partial charge >= 0.3 is 5.97 Å². The van der Waals surface area contributed by atoms with Crippen molar-refractivity contribution in [2.24, 2.45) is 0 Å². The Morgan fingerprint density at radius 2 is 2.00 bits per heavy atom. The second-order valence-corrected chi connectivity index (χ2v) is 6.42. The average molecular weight is 396 g/mol. The monoisotopic (exact) mass is 396 g/mol. The van der Waals surface area contributed by atoms with Crippen LogP contribution in [0.1, 0.15) is 29.2 Å². The molecule has 9 nitrogen and oxygen atoms in total. The highest BCUT2D eigenvalue weighted by Gasteiger charge is 2.15. The zero-order valence-electron chi connectivity index (χ0n) is 15.8. The third-order valence-electron chi connectivity index (χ3n) is 4.49. The molecule has 0 N–H and O–H groups in total. The van der Waals surface area contributed by atoms with Gasteiger partial charge in [0, 0.05) is 23.4 Å². The van der Waals surface area contributed by atoms with E-state index in [1.165, 1.54) is 30.6 Å². The number of nitrogens with zero attached hydrogens (tertiary/aromatic N) is 6. The summed E-state index contributed by atoms with van der Waals surface area (Å²) in [5.74, 6) is 0.243. The Morgan fingerprint density at radius 1 is 1.21 bits per heavy atom. The predicted molar refractivity (Wildman–Crippen MR) is 98.1 cm³/mol. The van der Waals surface area contributed by atoms with Gasteiger partial charge in [0.1, 0.15) is 12.1 Å². The van der Waals surface area contributed by atoms with Crippen LogP contribution >= 0.6 is 0 Å². The van der Waals surface area contributed by atoms with Gasteiger partial charge in [0.15, 0.2) is 6.61 Å². The minimum atomic E-state index is -0.393. The van der Waals surface area contributed by atoms with Crippen LogP contribution in [0, 0.1) is 19.7 Å². The second-order valence-electron chi connectivity index (χ2n) is 6.42. The van der Waals surface area contributed by atoms with Crippen LogP contribution in [-0.4, -0.2) is 35.7 Å². The molecule has 10 heteroatoms. The number of carbonyl (C=O) groups excluding carboxylic acids is 1. The van der Waals surface area contributed by atoms with E-state index in [1.54, 1.807) is 4.52 Å². The number of halogens is 1. The van der Waals surface area contributed by atoms with Crippen molar-refractivity contribution in [3.8, 4) is 11.5 Å². The molecule has 0 saturated heterocycles. The van der Waals surface area contributed by atoms with Gasteiger partial charge in [-0.2, -0.15) is 15.1 Å². The number of hydrogen-bond acceptors (Lipinski definition) is 8. The molecule has 0 aliphatic rings. The molecule has 4 rings (SSSR count). The molecule has 4 aromatic rings. The number of ether oxygens (including phenoxy) is 1. The van der Waals surface area contributed by atoms with Crippen LogP contribution in [0.5, 0.6) is 0 Å². The minimum absolute atomic E-state index is 0.109. The van der Waals surface area contributed by atoms with Crippen LogP contribution in [-0.2, 0) is 22.6 Å². The minimum Gasteiger partial charge on any atom is -0.457 e. The fourth-order valence-corrected chi connectivity index (χ4v) is 2.98. The van der Waals surface area contributed by atoms with Gasteiger partial charge in [0.2, 0.25) is 5.82 Å². The van der Waals surface area contributed by atoms with Crippen molar-refractivity contribution in [2.75, 3.05) is 0 Å². The summed E-state index contributed by atoms with van der Waals surface area (Å²) in [6.07, 6.45) is 2.08. The summed E-state index contributed by atoms with van der Waals surface area (Å²) in [7, 11) is 0. The molecule has 1 aromatic carbocycles. The van der Waals surface area contributed by atoms with Gasteiger partial charge in [-0.1, -0.05) is 5.16 Å². The van der Waals surface area contributed by atoms with Gasteiger partial charge in [-0.25, -0.2) is 13.9 Å². The van der Waals surface area contributed by atoms with E-state index >= 15 is 0 Å². The molecule has 0 amide bonds. The first-order chi connectivity index (χ1) is 14.0. The summed E-state index contributed by atoms with van der Waals surface area (Å²) in [5, 5.41) is 7.91. The van der Waals surface area contributed by atoms with Crippen LogP contribution in [0.3, 0.4) is 0 Å². The Bertz CT molecular complexity index is 1170. The smallest absolute Gasteiger partial charge is 0.306 e. The maximum atomic E-state index is 13.0. The van der Waals surface area contributed by atoms with Crippen LogP contribution < -0.4 is 0 Å². The molecule has 0 bridgehead atoms. The summed E-state index contributed by atoms with van der Waals surface area (Å²) in [6.45, 7) is 3.67. The highest BCUT2D eigenvalue weighted by Crippen LogP contribution is 2.18. The fourth-order valence-electron chi connectivity index (χ4n) is 2.98. The molecule has 148 valence electrons. The largest absolute Gasteiger partial charge is 0.457 e. The first kappa shape index (κ1) is 18.7. The SMILES string of the molecule is Cc1nc2ncnn2c(C)c1CCC(=O)OCc1noc(-c2ccc(F)cc2)n1. The summed E-state index contributed by atoms with van der Waals surface area (Å²) < 4.78 is 25.0. The molecular weight excluding hydrogens is 379 g/mol. The van der Waals surface area contributed by atoms with Gasteiger partial charge in [-0.3, -0.25) is 4.79 Å². The van der Waals surface area contributed by atoms with Crippen LogP contribution in [0.15, 0.2) is 35.1 Å². The molecule has 0 unspecified atom stereocenters. The van der Waals surface area contributed by atoms with Crippen molar-refractivity contribution in [2.45, 2.75) is 33.3 Å². The molecular formula is C19H17FN6O3. The van der Waals surface area contributed by atoms with Crippen molar-refractivity contribution in [3.63, 3.8) is 0 Å². The number of hydrogen-bond donors (Lipinski definition) is 0. The van der Waals surface area contributed by atoms with Crippen molar-refractivity contribution in [1.29, 1.82) is 0 Å². The zero-order valence-corrected chi connectivity index (χ0v) is 15.8. The zero-order chi connectivity index (χ0) is 20.4. The van der Waals surface area contributed by atoms with Crippen molar-refractivity contribution < 1.29 is 18.4 Å². The van der Waals surface area contributed by atoms with E-state index in [9.17, 15) is 9.18 Å². The molecule has 3 aromatic heterocycles. The molecule has 0 radical (unpaired) electrons. The Hall–Kier alpha value is -3.69. The van der Waals surface area contributed by atoms with Gasteiger partial charge < -0.3 is 9.26 Å². The lowest BCUT2D eigenvalue weighted by Gasteiger charge is -2.09. The van der Waals surface area contributed by atoms with Gasteiger partial charge in [0.05, 0.1) is 0 Å². The van der Waals surface area contributed by atoms with Gasteiger partial charge in [-0.15, -0.1) is 0 Å². The Kier molecular flexibility index (Phi) is 4.98. The molecule has 3 heterocycles. The Morgan fingerprint density at radius 3 is 2.79 bits per heavy atom. The standard InChI is InChI=1S/C19H17FN6O3/c1-11-15(12(2)26-19(23-11)21-10-22-26)7-8-17(27)28-9-16-24-18(29-25-16)13-3-5-14(20)6-4-13/h3-6,10H,7-9H2,1-2H3. The highest BCUT2D eigenvalue weighted by atomic mass is 19.1. The van der Waals surface area contributed by atoms with Crippen LogP contribution in [0.4, 0.5) is 4.39 Å².